The molecule has 0 bridgehead atoms. The normalized spacial score (nSPS) is 11.1. The van der Waals surface area contributed by atoms with Crippen LogP contribution in [0.3, 0.4) is 0 Å². The number of nitrogens with zero attached hydrogens (tertiary/aromatic N) is 2. The van der Waals surface area contributed by atoms with Gasteiger partial charge in [-0.25, -0.2) is 4.68 Å². The van der Waals surface area contributed by atoms with Crippen LogP contribution in [-0.2, 0) is 7.05 Å². The Balaban J connectivity index is 2.41. The lowest BCUT2D eigenvalue weighted by atomic mass is 10.1. The van der Waals surface area contributed by atoms with E-state index in [1.54, 1.807) is 4.68 Å². The summed E-state index contributed by atoms with van der Waals surface area (Å²) in [6.45, 7) is 6.12. The average molecular weight is 324 g/mol. The van der Waals surface area contributed by atoms with Gasteiger partial charge in [-0.1, -0.05) is 35.8 Å². The second-order valence-corrected chi connectivity index (χ2v) is 5.81. The summed E-state index contributed by atoms with van der Waals surface area (Å²) < 4.78 is 8.58. The van der Waals surface area contributed by atoms with E-state index < -0.39 is 0 Å². The zero-order valence-corrected chi connectivity index (χ0v) is 13.2. The average Bonchev–Trinajstić information content (AvgIpc) is 2.62. The second kappa shape index (κ2) is 5.25. The third kappa shape index (κ3) is 2.76. The smallest absolute Gasteiger partial charge is 0.241 e. The number of aromatic nitrogens is 2. The third-order valence-electron chi connectivity index (χ3n) is 2.96. The van der Waals surface area contributed by atoms with Crippen LogP contribution in [0.4, 0.5) is 5.69 Å². The summed E-state index contributed by atoms with van der Waals surface area (Å²) in [5.74, 6) is 1.64. The molecule has 1 aromatic heterocycles. The molecule has 19 heavy (non-hydrogen) atoms. The summed E-state index contributed by atoms with van der Waals surface area (Å²) in [6.07, 6.45) is 0. The third-order valence-corrected chi connectivity index (χ3v) is 3.45. The van der Waals surface area contributed by atoms with Crippen molar-refractivity contribution in [3.8, 4) is 11.6 Å². The summed E-state index contributed by atoms with van der Waals surface area (Å²) in [7, 11) is 1.84. The van der Waals surface area contributed by atoms with Gasteiger partial charge in [-0.3, -0.25) is 0 Å². The molecule has 1 aromatic carbocycles. The van der Waals surface area contributed by atoms with Gasteiger partial charge in [-0.15, -0.1) is 0 Å². The lowest BCUT2D eigenvalue weighted by molar-refractivity contribution is 0.429. The SMILES string of the molecule is Cc1ccc(Br)cc1Oc1c(N)c(C(C)C)nn1C. The van der Waals surface area contributed by atoms with Gasteiger partial charge in [0, 0.05) is 11.5 Å². The monoisotopic (exact) mass is 323 g/mol. The van der Waals surface area contributed by atoms with Gasteiger partial charge in [0.05, 0.1) is 5.69 Å². The maximum absolute atomic E-state index is 6.12. The van der Waals surface area contributed by atoms with E-state index in [0.717, 1.165) is 21.5 Å². The molecular formula is C14H18BrN3O. The van der Waals surface area contributed by atoms with E-state index in [2.05, 4.69) is 34.9 Å². The fourth-order valence-electron chi connectivity index (χ4n) is 1.88. The standard InChI is InChI=1S/C14H18BrN3O/c1-8(2)13-12(16)14(18(4)17-13)19-11-7-10(15)6-5-9(11)3/h5-8H,16H2,1-4H3. The van der Waals surface area contributed by atoms with E-state index in [9.17, 15) is 0 Å². The predicted molar refractivity (Wildman–Crippen MR) is 80.7 cm³/mol. The Morgan fingerprint density at radius 3 is 2.63 bits per heavy atom. The molecule has 0 spiro atoms. The quantitative estimate of drug-likeness (QED) is 0.929. The van der Waals surface area contributed by atoms with Crippen LogP contribution < -0.4 is 10.5 Å². The molecule has 5 heteroatoms. The van der Waals surface area contributed by atoms with E-state index >= 15 is 0 Å². The molecule has 0 fully saturated rings. The first-order valence-corrected chi connectivity index (χ1v) is 6.95. The lowest BCUT2D eigenvalue weighted by Crippen LogP contribution is -1.98. The Labute approximate surface area is 121 Å². The van der Waals surface area contributed by atoms with E-state index in [1.165, 1.54) is 0 Å². The minimum Gasteiger partial charge on any atom is -0.437 e. The van der Waals surface area contributed by atoms with E-state index in [-0.39, 0.29) is 5.92 Å². The highest BCUT2D eigenvalue weighted by Crippen LogP contribution is 2.35. The maximum atomic E-state index is 6.12. The number of rotatable bonds is 3. The number of hydrogen-bond donors (Lipinski definition) is 1. The number of ether oxygens (including phenoxy) is 1. The van der Waals surface area contributed by atoms with Crippen LogP contribution in [0, 0.1) is 6.92 Å². The molecule has 2 N–H and O–H groups in total. The number of anilines is 1. The van der Waals surface area contributed by atoms with Crippen molar-refractivity contribution in [3.63, 3.8) is 0 Å². The number of hydrogen-bond acceptors (Lipinski definition) is 3. The number of benzene rings is 1. The molecule has 0 atom stereocenters. The summed E-state index contributed by atoms with van der Waals surface area (Å²) in [6, 6.07) is 5.90. The fraction of sp³-hybridized carbons (Fsp3) is 0.357. The highest BCUT2D eigenvalue weighted by Gasteiger charge is 2.18. The van der Waals surface area contributed by atoms with Crippen molar-refractivity contribution in [3.05, 3.63) is 33.9 Å². The Kier molecular flexibility index (Phi) is 3.85. The molecule has 0 aliphatic carbocycles. The Bertz CT molecular complexity index is 605. The molecular weight excluding hydrogens is 306 g/mol. The molecule has 0 radical (unpaired) electrons. The highest BCUT2D eigenvalue weighted by molar-refractivity contribution is 9.10. The van der Waals surface area contributed by atoms with Crippen molar-refractivity contribution < 1.29 is 4.74 Å². The topological polar surface area (TPSA) is 53.1 Å². The molecule has 0 aliphatic rings. The molecule has 0 amide bonds. The molecule has 0 unspecified atom stereocenters. The lowest BCUT2D eigenvalue weighted by Gasteiger charge is -2.10. The van der Waals surface area contributed by atoms with E-state index in [0.29, 0.717) is 11.6 Å². The van der Waals surface area contributed by atoms with Gasteiger partial charge >= 0.3 is 0 Å². The van der Waals surface area contributed by atoms with Gasteiger partial charge in [-0.2, -0.15) is 5.10 Å². The van der Waals surface area contributed by atoms with Gasteiger partial charge in [0.25, 0.3) is 0 Å². The van der Waals surface area contributed by atoms with Crippen LogP contribution in [0.15, 0.2) is 22.7 Å². The zero-order valence-electron chi connectivity index (χ0n) is 11.6. The number of halogens is 1. The summed E-state index contributed by atoms with van der Waals surface area (Å²) >= 11 is 3.44. The van der Waals surface area contributed by atoms with Crippen LogP contribution >= 0.6 is 15.9 Å². The first-order chi connectivity index (χ1) is 8.90. The number of nitrogen functional groups attached to an aromatic ring is 1. The summed E-state index contributed by atoms with van der Waals surface area (Å²) in [4.78, 5) is 0. The zero-order chi connectivity index (χ0) is 14.2. The summed E-state index contributed by atoms with van der Waals surface area (Å²) in [5, 5.41) is 4.41. The first-order valence-electron chi connectivity index (χ1n) is 6.16. The first kappa shape index (κ1) is 13.9. The Hall–Kier alpha value is -1.49. The van der Waals surface area contributed by atoms with Crippen molar-refractivity contribution in [1.29, 1.82) is 0 Å². The van der Waals surface area contributed by atoms with Crippen molar-refractivity contribution in [2.24, 2.45) is 7.05 Å². The minimum atomic E-state index is 0.271. The van der Waals surface area contributed by atoms with Gasteiger partial charge in [0.15, 0.2) is 0 Å². The van der Waals surface area contributed by atoms with Gasteiger partial charge in [-0.05, 0) is 30.5 Å². The van der Waals surface area contributed by atoms with Crippen molar-refractivity contribution in [2.75, 3.05) is 5.73 Å². The van der Waals surface area contributed by atoms with Crippen molar-refractivity contribution in [1.82, 2.24) is 9.78 Å². The van der Waals surface area contributed by atoms with E-state index in [1.807, 2.05) is 32.2 Å². The fourth-order valence-corrected chi connectivity index (χ4v) is 2.22. The molecule has 0 saturated heterocycles. The second-order valence-electron chi connectivity index (χ2n) is 4.89. The van der Waals surface area contributed by atoms with Crippen molar-refractivity contribution >= 4 is 21.6 Å². The molecule has 0 saturated carbocycles. The van der Waals surface area contributed by atoms with Crippen LogP contribution in [-0.4, -0.2) is 9.78 Å². The molecule has 1 heterocycles. The van der Waals surface area contributed by atoms with Gasteiger partial charge < -0.3 is 10.5 Å². The van der Waals surface area contributed by atoms with Gasteiger partial charge in [0.2, 0.25) is 5.88 Å². The maximum Gasteiger partial charge on any atom is 0.241 e. The number of nitrogens with two attached hydrogens (primary N) is 1. The minimum absolute atomic E-state index is 0.271. The molecule has 2 aromatic rings. The summed E-state index contributed by atoms with van der Waals surface area (Å²) in [5.41, 5.74) is 8.65. The van der Waals surface area contributed by atoms with E-state index in [4.69, 9.17) is 10.5 Å². The Morgan fingerprint density at radius 1 is 1.37 bits per heavy atom. The molecule has 2 rings (SSSR count). The van der Waals surface area contributed by atoms with Crippen LogP contribution in [0.25, 0.3) is 0 Å². The molecule has 0 aliphatic heterocycles. The largest absolute Gasteiger partial charge is 0.437 e. The van der Waals surface area contributed by atoms with Crippen LogP contribution in [0.5, 0.6) is 11.6 Å². The van der Waals surface area contributed by atoms with Crippen LogP contribution in [0.1, 0.15) is 31.0 Å². The predicted octanol–water partition coefficient (Wildman–Crippen LogP) is 3.99. The molecule has 4 nitrogen and oxygen atoms in total. The van der Waals surface area contributed by atoms with Crippen molar-refractivity contribution in [2.45, 2.75) is 26.7 Å². The molecule has 102 valence electrons. The highest BCUT2D eigenvalue weighted by atomic mass is 79.9. The Morgan fingerprint density at radius 2 is 2.05 bits per heavy atom. The van der Waals surface area contributed by atoms with Crippen LogP contribution in [0.2, 0.25) is 0 Å². The number of aryl methyl sites for hydroxylation is 2. The van der Waals surface area contributed by atoms with Gasteiger partial charge in [0.1, 0.15) is 11.4 Å².